The molecule has 5 heteroatoms. The highest BCUT2D eigenvalue weighted by atomic mass is 16.5. The third-order valence-corrected chi connectivity index (χ3v) is 4.85. The fourth-order valence-electron chi connectivity index (χ4n) is 3.18. The third-order valence-electron chi connectivity index (χ3n) is 4.85. The van der Waals surface area contributed by atoms with Crippen molar-refractivity contribution in [3.8, 4) is 6.07 Å². The molecule has 0 aliphatic heterocycles. The molecule has 0 bridgehead atoms. The number of nitrogens with zero attached hydrogens (tertiary/aromatic N) is 2. The minimum absolute atomic E-state index is 0.0157. The molecule has 30 heavy (non-hydrogen) atoms. The summed E-state index contributed by atoms with van der Waals surface area (Å²) in [6.07, 6.45) is 3.72. The normalized spacial score (nSPS) is 10.2. The van der Waals surface area contributed by atoms with Crippen LogP contribution in [0.5, 0.6) is 0 Å². The van der Waals surface area contributed by atoms with Gasteiger partial charge in [0.15, 0.2) is 0 Å². The lowest BCUT2D eigenvalue weighted by Gasteiger charge is -2.21. The van der Waals surface area contributed by atoms with Gasteiger partial charge >= 0.3 is 5.97 Å². The smallest absolute Gasteiger partial charge is 0.305 e. The number of carbonyl (C=O) groups excluding carboxylic acids is 2. The summed E-state index contributed by atoms with van der Waals surface area (Å²) in [6.45, 7) is 1.40. The van der Waals surface area contributed by atoms with E-state index in [9.17, 15) is 9.59 Å². The Labute approximate surface area is 179 Å². The first-order valence-electron chi connectivity index (χ1n) is 10.6. The number of hydrogen-bond acceptors (Lipinski definition) is 4. The van der Waals surface area contributed by atoms with Gasteiger partial charge in [0.25, 0.3) is 0 Å². The minimum atomic E-state index is -0.260. The van der Waals surface area contributed by atoms with Crippen LogP contribution in [0.25, 0.3) is 0 Å². The van der Waals surface area contributed by atoms with Crippen LogP contribution in [-0.4, -0.2) is 36.5 Å². The van der Waals surface area contributed by atoms with E-state index in [0.29, 0.717) is 39.0 Å². The Bertz CT molecular complexity index is 800. The highest BCUT2D eigenvalue weighted by Gasteiger charge is 2.14. The maximum Gasteiger partial charge on any atom is 0.305 e. The Morgan fingerprint density at radius 1 is 0.833 bits per heavy atom. The molecule has 158 valence electrons. The molecule has 2 aromatic carbocycles. The van der Waals surface area contributed by atoms with E-state index >= 15 is 0 Å². The lowest BCUT2D eigenvalue weighted by molar-refractivity contribution is -0.144. The van der Waals surface area contributed by atoms with Crippen molar-refractivity contribution in [1.82, 2.24) is 4.90 Å². The van der Waals surface area contributed by atoms with Gasteiger partial charge in [-0.05, 0) is 36.8 Å². The van der Waals surface area contributed by atoms with Crippen molar-refractivity contribution >= 4 is 11.9 Å². The Morgan fingerprint density at radius 3 is 2.10 bits per heavy atom. The standard InChI is InChI=1S/C25H30N2O3/c26-18-9-19-27(20-17-23-12-5-2-6-13-23)24(28)15-7-16-25(29)30-21-8-14-22-10-3-1-4-11-22/h1-6,10-13H,7-9,14-17,19-21H2. The summed E-state index contributed by atoms with van der Waals surface area (Å²) >= 11 is 0. The molecule has 0 aromatic heterocycles. The van der Waals surface area contributed by atoms with Gasteiger partial charge in [0.1, 0.15) is 0 Å². The predicted molar refractivity (Wildman–Crippen MR) is 117 cm³/mol. The van der Waals surface area contributed by atoms with E-state index in [2.05, 4.69) is 18.2 Å². The predicted octanol–water partition coefficient (Wildman–Crippen LogP) is 4.32. The quantitative estimate of drug-likeness (QED) is 0.367. The van der Waals surface area contributed by atoms with Gasteiger partial charge in [-0.15, -0.1) is 0 Å². The van der Waals surface area contributed by atoms with Gasteiger partial charge < -0.3 is 9.64 Å². The largest absolute Gasteiger partial charge is 0.466 e. The average molecular weight is 407 g/mol. The molecule has 0 atom stereocenters. The SMILES string of the molecule is N#CCCN(CCc1ccccc1)C(=O)CCCC(=O)OCCCc1ccccc1. The van der Waals surface area contributed by atoms with Gasteiger partial charge in [0.2, 0.25) is 5.91 Å². The van der Waals surface area contributed by atoms with Crippen molar-refractivity contribution in [1.29, 1.82) is 5.26 Å². The molecule has 0 spiro atoms. The number of amides is 1. The molecular formula is C25H30N2O3. The number of benzene rings is 2. The molecule has 0 saturated heterocycles. The van der Waals surface area contributed by atoms with Crippen LogP contribution in [0.15, 0.2) is 60.7 Å². The number of carbonyl (C=O) groups is 2. The van der Waals surface area contributed by atoms with E-state index in [4.69, 9.17) is 10.00 Å². The summed E-state index contributed by atoms with van der Waals surface area (Å²) in [5, 5.41) is 8.86. The van der Waals surface area contributed by atoms with Crippen LogP contribution in [0.1, 0.15) is 43.2 Å². The molecule has 0 saturated carbocycles. The van der Waals surface area contributed by atoms with E-state index in [1.165, 1.54) is 5.56 Å². The zero-order valence-corrected chi connectivity index (χ0v) is 17.5. The van der Waals surface area contributed by atoms with Crippen LogP contribution in [-0.2, 0) is 27.2 Å². The van der Waals surface area contributed by atoms with Gasteiger partial charge in [0.05, 0.1) is 19.1 Å². The van der Waals surface area contributed by atoms with Gasteiger partial charge in [-0.1, -0.05) is 60.7 Å². The van der Waals surface area contributed by atoms with E-state index in [1.54, 1.807) is 4.90 Å². The van der Waals surface area contributed by atoms with Crippen molar-refractivity contribution in [2.24, 2.45) is 0 Å². The topological polar surface area (TPSA) is 70.4 Å². The van der Waals surface area contributed by atoms with Gasteiger partial charge in [-0.3, -0.25) is 9.59 Å². The number of esters is 1. The van der Waals surface area contributed by atoms with Crippen LogP contribution in [0.2, 0.25) is 0 Å². The summed E-state index contributed by atoms with van der Waals surface area (Å²) in [4.78, 5) is 26.2. The number of aryl methyl sites for hydroxylation is 1. The molecule has 0 heterocycles. The van der Waals surface area contributed by atoms with E-state index in [-0.39, 0.29) is 18.3 Å². The van der Waals surface area contributed by atoms with Crippen LogP contribution < -0.4 is 0 Å². The lowest BCUT2D eigenvalue weighted by atomic mass is 10.1. The number of rotatable bonds is 13. The molecule has 0 fully saturated rings. The first kappa shape index (κ1) is 23.2. The number of ether oxygens (including phenoxy) is 1. The van der Waals surface area contributed by atoms with Crippen LogP contribution in [0.3, 0.4) is 0 Å². The Morgan fingerprint density at radius 2 is 1.47 bits per heavy atom. The monoisotopic (exact) mass is 406 g/mol. The lowest BCUT2D eigenvalue weighted by Crippen LogP contribution is -2.33. The molecular weight excluding hydrogens is 376 g/mol. The highest BCUT2D eigenvalue weighted by Crippen LogP contribution is 2.08. The van der Waals surface area contributed by atoms with E-state index in [1.807, 2.05) is 48.5 Å². The van der Waals surface area contributed by atoms with Crippen LogP contribution in [0.4, 0.5) is 0 Å². The Balaban J connectivity index is 1.64. The second-order valence-corrected chi connectivity index (χ2v) is 7.19. The van der Waals surface area contributed by atoms with E-state index < -0.39 is 0 Å². The summed E-state index contributed by atoms with van der Waals surface area (Å²) in [7, 11) is 0. The van der Waals surface area contributed by atoms with Gasteiger partial charge in [0, 0.05) is 25.9 Å². The third kappa shape index (κ3) is 9.38. The van der Waals surface area contributed by atoms with Gasteiger partial charge in [-0.2, -0.15) is 5.26 Å². The van der Waals surface area contributed by atoms with Gasteiger partial charge in [-0.25, -0.2) is 0 Å². The zero-order valence-electron chi connectivity index (χ0n) is 17.5. The molecule has 1 amide bonds. The van der Waals surface area contributed by atoms with E-state index in [0.717, 1.165) is 24.8 Å². The molecule has 2 rings (SSSR count). The molecule has 0 radical (unpaired) electrons. The average Bonchev–Trinajstić information content (AvgIpc) is 2.78. The summed E-state index contributed by atoms with van der Waals surface area (Å²) in [5.74, 6) is -0.276. The molecule has 2 aromatic rings. The number of hydrogen-bond donors (Lipinski definition) is 0. The molecule has 0 N–H and O–H groups in total. The fourth-order valence-corrected chi connectivity index (χ4v) is 3.18. The van der Waals surface area contributed by atoms with Crippen molar-refractivity contribution in [2.75, 3.05) is 19.7 Å². The molecule has 5 nitrogen and oxygen atoms in total. The first-order valence-corrected chi connectivity index (χ1v) is 10.6. The number of nitriles is 1. The van der Waals surface area contributed by atoms with Crippen molar-refractivity contribution < 1.29 is 14.3 Å². The minimum Gasteiger partial charge on any atom is -0.466 e. The molecule has 0 unspecified atom stereocenters. The Hall–Kier alpha value is -3.13. The highest BCUT2D eigenvalue weighted by molar-refractivity contribution is 5.77. The molecule has 0 aliphatic rings. The van der Waals surface area contributed by atoms with Crippen LogP contribution >= 0.6 is 0 Å². The second kappa shape index (κ2) is 13.9. The zero-order chi connectivity index (χ0) is 21.4. The molecule has 0 aliphatic carbocycles. The second-order valence-electron chi connectivity index (χ2n) is 7.19. The summed E-state index contributed by atoms with van der Waals surface area (Å²) in [5.41, 5.74) is 2.39. The fraction of sp³-hybridized carbons (Fsp3) is 0.400. The van der Waals surface area contributed by atoms with Crippen LogP contribution in [0, 0.1) is 11.3 Å². The maximum atomic E-state index is 12.5. The summed E-state index contributed by atoms with van der Waals surface area (Å²) in [6, 6.07) is 22.2. The Kier molecular flexibility index (Phi) is 10.8. The summed E-state index contributed by atoms with van der Waals surface area (Å²) < 4.78 is 5.27. The maximum absolute atomic E-state index is 12.5. The first-order chi connectivity index (χ1) is 14.7. The van der Waals surface area contributed by atoms with Crippen molar-refractivity contribution in [3.05, 3.63) is 71.8 Å². The van der Waals surface area contributed by atoms with Crippen molar-refractivity contribution in [3.63, 3.8) is 0 Å². The van der Waals surface area contributed by atoms with Crippen molar-refractivity contribution in [2.45, 2.75) is 44.9 Å².